The van der Waals surface area contributed by atoms with E-state index in [4.69, 9.17) is 4.74 Å². The summed E-state index contributed by atoms with van der Waals surface area (Å²) in [5.41, 5.74) is 0. The summed E-state index contributed by atoms with van der Waals surface area (Å²) in [4.78, 5) is 14.7. The summed E-state index contributed by atoms with van der Waals surface area (Å²) in [7, 11) is -2.47. The van der Waals surface area contributed by atoms with Crippen molar-refractivity contribution in [3.8, 4) is 11.6 Å². The van der Waals surface area contributed by atoms with E-state index in [2.05, 4.69) is 15.0 Å². The minimum Gasteiger partial charge on any atom is -0.494 e. The highest BCUT2D eigenvalue weighted by Gasteiger charge is 2.29. The normalized spacial score (nSPS) is 15.4. The molecule has 3 aromatic rings. The quantitative estimate of drug-likeness (QED) is 0.605. The Morgan fingerprint density at radius 1 is 1.03 bits per heavy atom. The number of nitrogens with zero attached hydrogens (tertiary/aromatic N) is 6. The second-order valence-corrected chi connectivity index (χ2v) is 8.70. The van der Waals surface area contributed by atoms with E-state index in [1.807, 2.05) is 28.7 Å². The van der Waals surface area contributed by atoms with E-state index in [0.29, 0.717) is 24.7 Å². The number of aryl methyl sites for hydroxylation is 1. The van der Waals surface area contributed by atoms with Gasteiger partial charge in [0.15, 0.2) is 11.6 Å². The van der Waals surface area contributed by atoms with Gasteiger partial charge in [-0.15, -0.1) is 0 Å². The molecule has 0 saturated carbocycles. The maximum Gasteiger partial charge on any atom is 0.243 e. The number of halogens is 1. The van der Waals surface area contributed by atoms with Gasteiger partial charge < -0.3 is 9.64 Å². The van der Waals surface area contributed by atoms with Gasteiger partial charge in [0.2, 0.25) is 10.0 Å². The van der Waals surface area contributed by atoms with Gasteiger partial charge in [-0.05, 0) is 25.1 Å². The molecule has 1 saturated heterocycles. The third-order valence-corrected chi connectivity index (χ3v) is 6.93. The third kappa shape index (κ3) is 3.73. The first-order chi connectivity index (χ1) is 14.4. The summed E-state index contributed by atoms with van der Waals surface area (Å²) in [5, 5.41) is 0. The summed E-state index contributed by atoms with van der Waals surface area (Å²) in [6.07, 6.45) is 5.00. The van der Waals surface area contributed by atoms with Crippen LogP contribution in [0.25, 0.3) is 5.82 Å². The molecule has 30 heavy (non-hydrogen) atoms. The summed E-state index contributed by atoms with van der Waals surface area (Å²) in [6, 6.07) is 5.51. The second kappa shape index (κ2) is 8.00. The molecule has 158 valence electrons. The van der Waals surface area contributed by atoms with Gasteiger partial charge in [-0.25, -0.2) is 27.8 Å². The van der Waals surface area contributed by atoms with Crippen LogP contribution in [-0.4, -0.2) is 65.5 Å². The zero-order chi connectivity index (χ0) is 21.3. The average molecular weight is 432 g/mol. The first-order valence-electron chi connectivity index (χ1n) is 9.31. The number of anilines is 1. The number of methoxy groups -OCH3 is 1. The molecule has 1 fully saturated rings. The van der Waals surface area contributed by atoms with E-state index in [-0.39, 0.29) is 23.7 Å². The topological polar surface area (TPSA) is 93.5 Å². The zero-order valence-electron chi connectivity index (χ0n) is 16.6. The monoisotopic (exact) mass is 432 g/mol. The Labute approximate surface area is 173 Å². The maximum absolute atomic E-state index is 14.0. The molecule has 1 aromatic carbocycles. The molecule has 1 aliphatic heterocycles. The van der Waals surface area contributed by atoms with Crippen LogP contribution in [0.15, 0.2) is 47.9 Å². The lowest BCUT2D eigenvalue weighted by atomic mass is 10.3. The Hall–Kier alpha value is -3.05. The fraction of sp³-hybridized carbons (Fsp3) is 0.316. The smallest absolute Gasteiger partial charge is 0.243 e. The largest absolute Gasteiger partial charge is 0.494 e. The van der Waals surface area contributed by atoms with Crippen molar-refractivity contribution in [1.82, 2.24) is 23.8 Å². The maximum atomic E-state index is 14.0. The second-order valence-electron chi connectivity index (χ2n) is 6.77. The van der Waals surface area contributed by atoms with Crippen LogP contribution in [0.5, 0.6) is 5.75 Å². The van der Waals surface area contributed by atoms with Gasteiger partial charge in [-0.2, -0.15) is 4.31 Å². The lowest BCUT2D eigenvalue weighted by molar-refractivity contribution is 0.379. The SMILES string of the molecule is COc1ccc(S(=O)(=O)N2CCN(c3cc(-n4ccnc4C)ncn3)CC2)cc1F. The number of sulfonamides is 1. The molecule has 0 atom stereocenters. The Morgan fingerprint density at radius 3 is 2.40 bits per heavy atom. The molecule has 1 aliphatic rings. The van der Waals surface area contributed by atoms with Gasteiger partial charge in [0.25, 0.3) is 0 Å². The number of benzene rings is 1. The van der Waals surface area contributed by atoms with Crippen molar-refractivity contribution in [2.24, 2.45) is 0 Å². The van der Waals surface area contributed by atoms with Crippen LogP contribution in [0.2, 0.25) is 0 Å². The van der Waals surface area contributed by atoms with Crippen LogP contribution in [0.4, 0.5) is 10.2 Å². The lowest BCUT2D eigenvalue weighted by Crippen LogP contribution is -2.49. The van der Waals surface area contributed by atoms with Gasteiger partial charge in [0.1, 0.15) is 23.8 Å². The standard InChI is InChI=1S/C19H21FN6O3S/c1-14-21-5-6-26(14)19-12-18(22-13-23-19)24-7-9-25(10-8-24)30(27,28)15-3-4-17(29-2)16(20)11-15/h3-6,11-13H,7-10H2,1-2H3. The fourth-order valence-electron chi connectivity index (χ4n) is 3.38. The lowest BCUT2D eigenvalue weighted by Gasteiger charge is -2.34. The van der Waals surface area contributed by atoms with E-state index in [0.717, 1.165) is 11.9 Å². The highest BCUT2D eigenvalue weighted by Crippen LogP contribution is 2.25. The zero-order valence-corrected chi connectivity index (χ0v) is 17.4. The summed E-state index contributed by atoms with van der Waals surface area (Å²) < 4.78 is 47.8. The number of piperazine rings is 1. The molecule has 0 radical (unpaired) electrons. The van der Waals surface area contributed by atoms with Crippen LogP contribution in [0.1, 0.15) is 5.82 Å². The van der Waals surface area contributed by atoms with Crippen molar-refractivity contribution in [3.63, 3.8) is 0 Å². The van der Waals surface area contributed by atoms with E-state index >= 15 is 0 Å². The van der Waals surface area contributed by atoms with Gasteiger partial charge in [-0.3, -0.25) is 4.57 Å². The fourth-order valence-corrected chi connectivity index (χ4v) is 4.81. The summed E-state index contributed by atoms with van der Waals surface area (Å²) in [6.45, 7) is 3.32. The molecule has 9 nitrogen and oxygen atoms in total. The highest BCUT2D eigenvalue weighted by atomic mass is 32.2. The van der Waals surface area contributed by atoms with Crippen LogP contribution in [-0.2, 0) is 10.0 Å². The van der Waals surface area contributed by atoms with Gasteiger partial charge in [0.05, 0.1) is 12.0 Å². The molecule has 11 heteroatoms. The van der Waals surface area contributed by atoms with E-state index in [1.165, 1.54) is 29.9 Å². The van der Waals surface area contributed by atoms with Crippen LogP contribution in [0, 0.1) is 12.7 Å². The van der Waals surface area contributed by atoms with Crippen molar-refractivity contribution < 1.29 is 17.5 Å². The molecule has 0 aliphatic carbocycles. The van der Waals surface area contributed by atoms with Gasteiger partial charge >= 0.3 is 0 Å². The van der Waals surface area contributed by atoms with Gasteiger partial charge in [-0.1, -0.05) is 0 Å². The first-order valence-corrected chi connectivity index (χ1v) is 10.7. The molecule has 0 amide bonds. The van der Waals surface area contributed by atoms with Crippen molar-refractivity contribution in [2.45, 2.75) is 11.8 Å². The number of imidazole rings is 1. The number of hydrogen-bond acceptors (Lipinski definition) is 7. The Kier molecular flexibility index (Phi) is 5.39. The molecule has 2 aromatic heterocycles. The van der Waals surface area contributed by atoms with E-state index in [9.17, 15) is 12.8 Å². The minimum atomic E-state index is -3.80. The molecule has 0 bridgehead atoms. The van der Waals surface area contributed by atoms with Gasteiger partial charge in [0, 0.05) is 44.6 Å². The first kappa shape index (κ1) is 20.2. The van der Waals surface area contributed by atoms with Crippen molar-refractivity contribution in [1.29, 1.82) is 0 Å². The molecule has 3 heterocycles. The Bertz CT molecular complexity index is 1160. The average Bonchev–Trinajstić information content (AvgIpc) is 3.19. The molecule has 4 rings (SSSR count). The summed E-state index contributed by atoms with van der Waals surface area (Å²) in [5.74, 6) is 1.51. The molecule has 0 unspecified atom stereocenters. The molecule has 0 N–H and O–H groups in total. The van der Waals surface area contributed by atoms with Crippen molar-refractivity contribution in [2.75, 3.05) is 38.2 Å². The van der Waals surface area contributed by atoms with E-state index in [1.54, 1.807) is 6.20 Å². The van der Waals surface area contributed by atoms with Crippen LogP contribution in [0.3, 0.4) is 0 Å². The molecular weight excluding hydrogens is 411 g/mol. The third-order valence-electron chi connectivity index (χ3n) is 5.03. The highest BCUT2D eigenvalue weighted by molar-refractivity contribution is 7.89. The molecule has 0 spiro atoms. The van der Waals surface area contributed by atoms with Crippen LogP contribution >= 0.6 is 0 Å². The number of hydrogen-bond donors (Lipinski definition) is 0. The van der Waals surface area contributed by atoms with Crippen molar-refractivity contribution >= 4 is 15.8 Å². The van der Waals surface area contributed by atoms with E-state index < -0.39 is 15.8 Å². The van der Waals surface area contributed by atoms with Crippen molar-refractivity contribution in [3.05, 3.63) is 54.6 Å². The number of ether oxygens (including phenoxy) is 1. The predicted molar refractivity (Wildman–Crippen MR) is 108 cm³/mol. The van der Waals surface area contributed by atoms with Crippen LogP contribution < -0.4 is 9.64 Å². The Morgan fingerprint density at radius 2 is 1.77 bits per heavy atom. The molecular formula is C19H21FN6O3S. The minimum absolute atomic E-state index is 0.00599. The Balaban J connectivity index is 1.49. The summed E-state index contributed by atoms with van der Waals surface area (Å²) >= 11 is 0. The predicted octanol–water partition coefficient (Wildman–Crippen LogP) is 1.63. The number of rotatable bonds is 5. The number of aromatic nitrogens is 4.